The van der Waals surface area contributed by atoms with Crippen LogP contribution in [0.2, 0.25) is 0 Å². The molecule has 1 atom stereocenters. The highest BCUT2D eigenvalue weighted by Crippen LogP contribution is 2.29. The molecule has 1 aromatic carbocycles. The summed E-state index contributed by atoms with van der Waals surface area (Å²) >= 11 is 0. The molecule has 0 radical (unpaired) electrons. The fraction of sp³-hybridized carbons (Fsp3) is 0.250. The van der Waals surface area contributed by atoms with Gasteiger partial charge in [0, 0.05) is 18.5 Å². The van der Waals surface area contributed by atoms with Gasteiger partial charge in [-0.2, -0.15) is 0 Å². The number of carbonyl (C=O) groups excluding carboxylic acids is 2. The summed E-state index contributed by atoms with van der Waals surface area (Å²) in [7, 11) is 0. The molecule has 0 bridgehead atoms. The van der Waals surface area contributed by atoms with Crippen molar-refractivity contribution >= 4 is 23.8 Å². The molecule has 1 aliphatic heterocycles. The van der Waals surface area contributed by atoms with Gasteiger partial charge in [-0.05, 0) is 19.1 Å². The summed E-state index contributed by atoms with van der Waals surface area (Å²) in [6, 6.07) is 2.95. The molecule has 0 saturated heterocycles. The zero-order valence-corrected chi connectivity index (χ0v) is 17.0. The van der Waals surface area contributed by atoms with Gasteiger partial charge in [0.05, 0.1) is 30.1 Å². The van der Waals surface area contributed by atoms with Crippen molar-refractivity contribution in [2.24, 2.45) is 10.7 Å². The standard InChI is InChI=1S/C20H21F2N7O3/c1-10(9-30)26-15(31)8-24-6-11(5-23)27-19-17-14(7-25-20(17)32)28-18(29-19)16-12(21)3-2-4-13(16)22/h2-6,10,30H,7-9,23H2,1H3,(H,25,32)(H,26,31)(H,27,28,29)/t10-/m1/s1. The number of nitrogens with one attached hydrogen (secondary N) is 3. The van der Waals surface area contributed by atoms with E-state index in [1.165, 1.54) is 12.3 Å². The Bertz CT molecular complexity index is 1080. The first-order valence-electron chi connectivity index (χ1n) is 9.56. The van der Waals surface area contributed by atoms with E-state index < -0.39 is 35.1 Å². The number of nitrogens with zero attached hydrogens (tertiary/aromatic N) is 3. The molecule has 2 heterocycles. The molecule has 10 nitrogen and oxygen atoms in total. The minimum atomic E-state index is -0.854. The van der Waals surface area contributed by atoms with Crippen molar-refractivity contribution in [2.45, 2.75) is 19.5 Å². The number of aliphatic hydroxyl groups is 1. The van der Waals surface area contributed by atoms with Crippen molar-refractivity contribution in [3.8, 4) is 11.4 Å². The zero-order chi connectivity index (χ0) is 23.3. The maximum Gasteiger partial charge on any atom is 0.257 e. The number of halogens is 2. The van der Waals surface area contributed by atoms with Crippen molar-refractivity contribution in [2.75, 3.05) is 18.5 Å². The monoisotopic (exact) mass is 445 g/mol. The van der Waals surface area contributed by atoms with E-state index in [1.54, 1.807) is 6.92 Å². The van der Waals surface area contributed by atoms with Gasteiger partial charge in [0.2, 0.25) is 5.91 Å². The SMILES string of the molecule is C[C@H](CO)NC(=O)CN=CC(=CN)Nc1nc(-c2c(F)cccc2F)nc2c1C(=O)NC2. The van der Waals surface area contributed by atoms with Crippen LogP contribution < -0.4 is 21.7 Å². The lowest BCUT2D eigenvalue weighted by molar-refractivity contribution is -0.120. The van der Waals surface area contributed by atoms with Gasteiger partial charge in [-0.1, -0.05) is 6.07 Å². The summed E-state index contributed by atoms with van der Waals surface area (Å²) < 4.78 is 28.5. The number of aliphatic hydroxyl groups excluding tert-OH is 1. The molecule has 1 aliphatic rings. The molecule has 32 heavy (non-hydrogen) atoms. The van der Waals surface area contributed by atoms with E-state index in [9.17, 15) is 18.4 Å². The Morgan fingerprint density at radius 1 is 1.34 bits per heavy atom. The van der Waals surface area contributed by atoms with Crippen LogP contribution in [0.3, 0.4) is 0 Å². The van der Waals surface area contributed by atoms with E-state index in [2.05, 4.69) is 30.9 Å². The second-order valence-corrected chi connectivity index (χ2v) is 6.86. The zero-order valence-electron chi connectivity index (χ0n) is 17.0. The molecule has 12 heteroatoms. The molecule has 1 aromatic heterocycles. The highest BCUT2D eigenvalue weighted by molar-refractivity contribution is 6.03. The first kappa shape index (κ1) is 22.7. The minimum absolute atomic E-state index is 0.0239. The molecule has 0 saturated carbocycles. The third-order valence-corrected chi connectivity index (χ3v) is 4.40. The number of allylic oxidation sites excluding steroid dienone is 1. The number of rotatable bonds is 8. The third kappa shape index (κ3) is 5.03. The topological polar surface area (TPSA) is 155 Å². The van der Waals surface area contributed by atoms with Crippen LogP contribution in [-0.4, -0.2) is 52.3 Å². The van der Waals surface area contributed by atoms with Crippen LogP contribution in [0.5, 0.6) is 0 Å². The van der Waals surface area contributed by atoms with Gasteiger partial charge in [0.25, 0.3) is 5.91 Å². The van der Waals surface area contributed by atoms with Gasteiger partial charge >= 0.3 is 0 Å². The minimum Gasteiger partial charge on any atom is -0.403 e. The molecule has 6 N–H and O–H groups in total. The first-order valence-corrected chi connectivity index (χ1v) is 9.56. The lowest BCUT2D eigenvalue weighted by atomic mass is 10.1. The number of hydrogen-bond acceptors (Lipinski definition) is 8. The van der Waals surface area contributed by atoms with Gasteiger partial charge in [-0.3, -0.25) is 14.6 Å². The molecule has 0 unspecified atom stereocenters. The molecule has 168 valence electrons. The van der Waals surface area contributed by atoms with E-state index in [0.717, 1.165) is 18.3 Å². The highest BCUT2D eigenvalue weighted by Gasteiger charge is 2.28. The maximum absolute atomic E-state index is 14.3. The summed E-state index contributed by atoms with van der Waals surface area (Å²) in [5.74, 6) is -2.86. The van der Waals surface area contributed by atoms with E-state index in [0.29, 0.717) is 0 Å². The number of carbonyl (C=O) groups is 2. The second-order valence-electron chi connectivity index (χ2n) is 6.86. The van der Waals surface area contributed by atoms with Gasteiger partial charge in [0.1, 0.15) is 29.6 Å². The van der Waals surface area contributed by atoms with Crippen molar-refractivity contribution in [3.63, 3.8) is 0 Å². The molecular weight excluding hydrogens is 424 g/mol. The molecule has 2 amide bonds. The third-order valence-electron chi connectivity index (χ3n) is 4.40. The summed E-state index contributed by atoms with van der Waals surface area (Å²) in [5, 5.41) is 16.9. The fourth-order valence-corrected chi connectivity index (χ4v) is 2.89. The number of aromatic nitrogens is 2. The average Bonchev–Trinajstić information content (AvgIpc) is 3.13. The Kier molecular flexibility index (Phi) is 7.05. The Hall–Kier alpha value is -3.93. The smallest absolute Gasteiger partial charge is 0.257 e. The van der Waals surface area contributed by atoms with Gasteiger partial charge in [0.15, 0.2) is 5.82 Å². The van der Waals surface area contributed by atoms with Crippen molar-refractivity contribution in [3.05, 3.63) is 53.0 Å². The van der Waals surface area contributed by atoms with Crippen LogP contribution in [0.25, 0.3) is 11.4 Å². The number of benzene rings is 1. The van der Waals surface area contributed by atoms with Crippen LogP contribution >= 0.6 is 0 Å². The normalized spacial score (nSPS) is 14.2. The van der Waals surface area contributed by atoms with Crippen LogP contribution in [0.4, 0.5) is 14.6 Å². The summed E-state index contributed by atoms with van der Waals surface area (Å²) in [4.78, 5) is 36.2. The maximum atomic E-state index is 14.3. The van der Waals surface area contributed by atoms with Crippen LogP contribution in [0, 0.1) is 11.6 Å². The molecule has 0 aliphatic carbocycles. The van der Waals surface area contributed by atoms with Crippen molar-refractivity contribution in [1.29, 1.82) is 0 Å². The van der Waals surface area contributed by atoms with E-state index in [1.807, 2.05) is 0 Å². The van der Waals surface area contributed by atoms with E-state index in [-0.39, 0.29) is 48.3 Å². The lowest BCUT2D eigenvalue weighted by Gasteiger charge is -2.12. The van der Waals surface area contributed by atoms with Gasteiger partial charge < -0.3 is 26.8 Å². The second kappa shape index (κ2) is 9.92. The molecule has 0 spiro atoms. The Balaban J connectivity index is 1.88. The molecule has 2 aromatic rings. The summed E-state index contributed by atoms with van der Waals surface area (Å²) in [6.45, 7) is 1.24. The van der Waals surface area contributed by atoms with E-state index in [4.69, 9.17) is 10.8 Å². The highest BCUT2D eigenvalue weighted by atomic mass is 19.1. The molecule has 3 rings (SSSR count). The Morgan fingerprint density at radius 3 is 2.72 bits per heavy atom. The Morgan fingerprint density at radius 2 is 2.06 bits per heavy atom. The van der Waals surface area contributed by atoms with Crippen LogP contribution in [0.1, 0.15) is 23.0 Å². The number of amides is 2. The quantitative estimate of drug-likeness (QED) is 0.370. The molecular formula is C20H21F2N7O3. The predicted octanol–water partition coefficient (Wildman–Crippen LogP) is 0.445. The average molecular weight is 445 g/mol. The first-order chi connectivity index (χ1) is 15.3. The van der Waals surface area contributed by atoms with Crippen LogP contribution in [0.15, 0.2) is 35.1 Å². The fourth-order valence-electron chi connectivity index (χ4n) is 2.89. The van der Waals surface area contributed by atoms with Crippen molar-refractivity contribution < 1.29 is 23.5 Å². The number of hydrogen-bond donors (Lipinski definition) is 5. The van der Waals surface area contributed by atoms with Gasteiger partial charge in [-0.15, -0.1) is 0 Å². The van der Waals surface area contributed by atoms with E-state index >= 15 is 0 Å². The number of anilines is 1. The van der Waals surface area contributed by atoms with Gasteiger partial charge in [-0.25, -0.2) is 18.7 Å². The largest absolute Gasteiger partial charge is 0.403 e. The van der Waals surface area contributed by atoms with Crippen LogP contribution in [-0.2, 0) is 11.3 Å². The Labute approximate surface area is 181 Å². The summed E-state index contributed by atoms with van der Waals surface area (Å²) in [6.07, 6.45) is 2.37. The number of fused-ring (bicyclic) bond motifs is 1. The number of nitrogens with two attached hydrogens (primary N) is 1. The summed E-state index contributed by atoms with van der Waals surface area (Å²) in [5.41, 5.74) is 5.71. The van der Waals surface area contributed by atoms with Crippen molar-refractivity contribution in [1.82, 2.24) is 20.6 Å². The predicted molar refractivity (Wildman–Crippen MR) is 112 cm³/mol. The molecule has 0 fully saturated rings. The lowest BCUT2D eigenvalue weighted by Crippen LogP contribution is -2.36. The number of aliphatic imine (C=N–C) groups is 1.